The number of rotatable bonds is 3. The SMILES string of the molecule is Cc1cc(C(N)CC2CCOCC2)c(F)cc1F. The molecule has 0 amide bonds. The molecule has 1 saturated heterocycles. The quantitative estimate of drug-likeness (QED) is 0.900. The molecule has 100 valence electrons. The normalized spacial score (nSPS) is 18.9. The van der Waals surface area contributed by atoms with Gasteiger partial charge in [0, 0.05) is 30.9 Å². The van der Waals surface area contributed by atoms with Crippen molar-refractivity contribution in [2.24, 2.45) is 11.7 Å². The molecule has 1 fully saturated rings. The molecule has 2 rings (SSSR count). The first-order valence-electron chi connectivity index (χ1n) is 6.37. The zero-order chi connectivity index (χ0) is 13.1. The lowest BCUT2D eigenvalue weighted by atomic mass is 9.89. The summed E-state index contributed by atoms with van der Waals surface area (Å²) in [6, 6.07) is 2.08. The Hall–Kier alpha value is -1.00. The molecule has 2 N–H and O–H groups in total. The number of halogens is 2. The van der Waals surface area contributed by atoms with Gasteiger partial charge in [-0.25, -0.2) is 8.78 Å². The Balaban J connectivity index is 2.08. The van der Waals surface area contributed by atoms with Crippen molar-refractivity contribution in [3.05, 3.63) is 34.9 Å². The van der Waals surface area contributed by atoms with Gasteiger partial charge in [-0.2, -0.15) is 0 Å². The molecule has 0 spiro atoms. The van der Waals surface area contributed by atoms with Crippen molar-refractivity contribution in [3.63, 3.8) is 0 Å². The van der Waals surface area contributed by atoms with Gasteiger partial charge >= 0.3 is 0 Å². The summed E-state index contributed by atoms with van der Waals surface area (Å²) in [5, 5.41) is 0. The molecule has 1 aliphatic rings. The molecule has 4 heteroatoms. The zero-order valence-electron chi connectivity index (χ0n) is 10.6. The number of benzene rings is 1. The summed E-state index contributed by atoms with van der Waals surface area (Å²) < 4.78 is 32.2. The van der Waals surface area contributed by atoms with E-state index >= 15 is 0 Å². The maximum Gasteiger partial charge on any atom is 0.130 e. The summed E-state index contributed by atoms with van der Waals surface area (Å²) in [6.07, 6.45) is 2.66. The van der Waals surface area contributed by atoms with Gasteiger partial charge in [0.2, 0.25) is 0 Å². The number of ether oxygens (including phenoxy) is 1. The summed E-state index contributed by atoms with van der Waals surface area (Å²) >= 11 is 0. The lowest BCUT2D eigenvalue weighted by Gasteiger charge is -2.25. The van der Waals surface area contributed by atoms with Crippen LogP contribution in [0.1, 0.15) is 36.4 Å². The highest BCUT2D eigenvalue weighted by Crippen LogP contribution is 2.28. The highest BCUT2D eigenvalue weighted by atomic mass is 19.1. The fourth-order valence-electron chi connectivity index (χ4n) is 2.43. The van der Waals surface area contributed by atoms with E-state index in [1.54, 1.807) is 6.92 Å². The van der Waals surface area contributed by atoms with Crippen LogP contribution in [-0.2, 0) is 4.74 Å². The van der Waals surface area contributed by atoms with Gasteiger partial charge in [0.1, 0.15) is 11.6 Å². The molecule has 0 radical (unpaired) electrons. The predicted octanol–water partition coefficient (Wildman–Crippen LogP) is 3.09. The minimum Gasteiger partial charge on any atom is -0.381 e. The van der Waals surface area contributed by atoms with Gasteiger partial charge in [-0.1, -0.05) is 0 Å². The molecule has 18 heavy (non-hydrogen) atoms. The van der Waals surface area contributed by atoms with E-state index in [0.717, 1.165) is 38.5 Å². The van der Waals surface area contributed by atoms with Crippen molar-refractivity contribution >= 4 is 0 Å². The van der Waals surface area contributed by atoms with Crippen LogP contribution in [0.25, 0.3) is 0 Å². The Morgan fingerprint density at radius 1 is 1.28 bits per heavy atom. The van der Waals surface area contributed by atoms with Crippen LogP contribution in [0.5, 0.6) is 0 Å². The molecule has 0 saturated carbocycles. The lowest BCUT2D eigenvalue weighted by Crippen LogP contribution is -2.22. The molecule has 0 bridgehead atoms. The molecule has 0 aromatic heterocycles. The van der Waals surface area contributed by atoms with E-state index < -0.39 is 11.6 Å². The first-order valence-corrected chi connectivity index (χ1v) is 6.37. The maximum absolute atomic E-state index is 13.7. The topological polar surface area (TPSA) is 35.2 Å². The van der Waals surface area contributed by atoms with Crippen molar-refractivity contribution in [2.45, 2.75) is 32.2 Å². The summed E-state index contributed by atoms with van der Waals surface area (Å²) in [5.74, 6) is -0.592. The smallest absolute Gasteiger partial charge is 0.130 e. The summed E-state index contributed by atoms with van der Waals surface area (Å²) in [5.41, 5.74) is 6.90. The van der Waals surface area contributed by atoms with E-state index in [4.69, 9.17) is 10.5 Å². The Bertz CT molecular complexity index is 417. The van der Waals surface area contributed by atoms with Gasteiger partial charge in [-0.15, -0.1) is 0 Å². The van der Waals surface area contributed by atoms with Crippen LogP contribution in [0.3, 0.4) is 0 Å². The van der Waals surface area contributed by atoms with Crippen molar-refractivity contribution < 1.29 is 13.5 Å². The van der Waals surface area contributed by atoms with Gasteiger partial charge in [0.15, 0.2) is 0 Å². The minimum absolute atomic E-state index is 0.368. The van der Waals surface area contributed by atoms with Gasteiger partial charge in [0.05, 0.1) is 0 Å². The first kappa shape index (κ1) is 13.4. The molecule has 1 atom stereocenters. The third-order valence-corrected chi connectivity index (χ3v) is 3.61. The molecule has 1 heterocycles. The van der Waals surface area contributed by atoms with Gasteiger partial charge in [-0.3, -0.25) is 0 Å². The highest BCUT2D eigenvalue weighted by molar-refractivity contribution is 5.28. The van der Waals surface area contributed by atoms with Gasteiger partial charge < -0.3 is 10.5 Å². The van der Waals surface area contributed by atoms with Crippen molar-refractivity contribution in [1.82, 2.24) is 0 Å². The Morgan fingerprint density at radius 3 is 2.61 bits per heavy atom. The second-order valence-corrected chi connectivity index (χ2v) is 5.02. The molecule has 1 aromatic rings. The average molecular weight is 255 g/mol. The first-order chi connectivity index (χ1) is 8.58. The number of hydrogen-bond acceptors (Lipinski definition) is 2. The number of aryl methyl sites for hydroxylation is 1. The molecular weight excluding hydrogens is 236 g/mol. The standard InChI is InChI=1S/C14H19F2NO/c1-9-6-11(13(16)8-12(9)15)14(17)7-10-2-4-18-5-3-10/h6,8,10,14H,2-5,7,17H2,1H3. The molecule has 2 nitrogen and oxygen atoms in total. The van der Waals surface area contributed by atoms with Crippen LogP contribution in [-0.4, -0.2) is 13.2 Å². The molecule has 0 aliphatic carbocycles. The third-order valence-electron chi connectivity index (χ3n) is 3.61. The van der Waals surface area contributed by atoms with Crippen LogP contribution in [0, 0.1) is 24.5 Å². The zero-order valence-corrected chi connectivity index (χ0v) is 10.6. The molecular formula is C14H19F2NO. The second-order valence-electron chi connectivity index (χ2n) is 5.02. The van der Waals surface area contributed by atoms with Crippen LogP contribution in [0.15, 0.2) is 12.1 Å². The van der Waals surface area contributed by atoms with Crippen LogP contribution in [0.2, 0.25) is 0 Å². The van der Waals surface area contributed by atoms with E-state index in [-0.39, 0.29) is 6.04 Å². The Kier molecular flexibility index (Phi) is 4.30. The third kappa shape index (κ3) is 3.06. The van der Waals surface area contributed by atoms with Crippen molar-refractivity contribution in [1.29, 1.82) is 0 Å². The monoisotopic (exact) mass is 255 g/mol. The van der Waals surface area contributed by atoms with E-state index in [0.29, 0.717) is 17.0 Å². The van der Waals surface area contributed by atoms with Crippen molar-refractivity contribution in [2.75, 3.05) is 13.2 Å². The molecule has 1 aliphatic heterocycles. The van der Waals surface area contributed by atoms with Gasteiger partial charge in [-0.05, 0) is 43.7 Å². The van der Waals surface area contributed by atoms with Crippen LogP contribution >= 0.6 is 0 Å². The fraction of sp³-hybridized carbons (Fsp3) is 0.571. The molecule has 1 aromatic carbocycles. The maximum atomic E-state index is 13.7. The fourth-order valence-corrected chi connectivity index (χ4v) is 2.43. The van der Waals surface area contributed by atoms with Crippen molar-refractivity contribution in [3.8, 4) is 0 Å². The van der Waals surface area contributed by atoms with Crippen LogP contribution < -0.4 is 5.73 Å². The summed E-state index contributed by atoms with van der Waals surface area (Å²) in [7, 11) is 0. The Labute approximate surface area is 106 Å². The predicted molar refractivity (Wildman–Crippen MR) is 66.2 cm³/mol. The molecule has 1 unspecified atom stereocenters. The second kappa shape index (κ2) is 5.76. The summed E-state index contributed by atoms with van der Waals surface area (Å²) in [6.45, 7) is 3.13. The Morgan fingerprint density at radius 2 is 1.94 bits per heavy atom. The largest absolute Gasteiger partial charge is 0.381 e. The van der Waals surface area contributed by atoms with Gasteiger partial charge in [0.25, 0.3) is 0 Å². The lowest BCUT2D eigenvalue weighted by molar-refractivity contribution is 0.0617. The average Bonchev–Trinajstić information content (AvgIpc) is 2.35. The highest BCUT2D eigenvalue weighted by Gasteiger charge is 2.20. The van der Waals surface area contributed by atoms with Crippen LogP contribution in [0.4, 0.5) is 8.78 Å². The number of nitrogens with two attached hydrogens (primary N) is 1. The van der Waals surface area contributed by atoms with E-state index in [2.05, 4.69) is 0 Å². The number of hydrogen-bond donors (Lipinski definition) is 1. The minimum atomic E-state index is -0.544. The van der Waals surface area contributed by atoms with E-state index in [9.17, 15) is 8.78 Å². The van der Waals surface area contributed by atoms with E-state index in [1.165, 1.54) is 6.07 Å². The summed E-state index contributed by atoms with van der Waals surface area (Å²) in [4.78, 5) is 0. The van der Waals surface area contributed by atoms with E-state index in [1.807, 2.05) is 0 Å².